The SMILES string of the molecule is CC(C)(C)OC(=O)N=S(C)(=O)Cc1cc(Cl)nc(NCCCOc2cc(F)ccc2-c2cc(N)ncc2F)c1. The van der Waals surface area contributed by atoms with Crippen molar-refractivity contribution in [1.82, 2.24) is 9.97 Å². The van der Waals surface area contributed by atoms with Gasteiger partial charge in [-0.1, -0.05) is 11.6 Å². The molecule has 0 saturated heterocycles. The number of carbonyl (C=O) groups excluding carboxylic acids is 1. The van der Waals surface area contributed by atoms with Crippen molar-refractivity contribution in [1.29, 1.82) is 0 Å². The van der Waals surface area contributed by atoms with Crippen molar-refractivity contribution in [2.24, 2.45) is 4.36 Å². The summed E-state index contributed by atoms with van der Waals surface area (Å²) in [5.41, 5.74) is 5.99. The molecule has 1 unspecified atom stereocenters. The number of aromatic nitrogens is 2. The van der Waals surface area contributed by atoms with Gasteiger partial charge in [0.25, 0.3) is 0 Å². The van der Waals surface area contributed by atoms with E-state index < -0.39 is 33.1 Å². The molecule has 2 heterocycles. The van der Waals surface area contributed by atoms with E-state index in [0.717, 1.165) is 6.20 Å². The molecule has 9 nitrogen and oxygen atoms in total. The monoisotopic (exact) mass is 581 g/mol. The fourth-order valence-electron chi connectivity index (χ4n) is 3.47. The van der Waals surface area contributed by atoms with E-state index in [2.05, 4.69) is 19.6 Å². The first-order valence-corrected chi connectivity index (χ1v) is 14.3. The number of nitrogens with zero attached hydrogens (tertiary/aromatic N) is 3. The van der Waals surface area contributed by atoms with Crippen molar-refractivity contribution < 1.29 is 27.3 Å². The van der Waals surface area contributed by atoms with Gasteiger partial charge in [0, 0.05) is 30.0 Å². The van der Waals surface area contributed by atoms with Gasteiger partial charge in [0.15, 0.2) is 0 Å². The van der Waals surface area contributed by atoms with Crippen LogP contribution in [0.3, 0.4) is 0 Å². The summed E-state index contributed by atoms with van der Waals surface area (Å²) in [5, 5.41) is 3.26. The van der Waals surface area contributed by atoms with Crippen LogP contribution in [0.4, 0.5) is 25.2 Å². The maximum Gasteiger partial charge on any atom is 0.442 e. The van der Waals surface area contributed by atoms with Gasteiger partial charge in [0.2, 0.25) is 0 Å². The van der Waals surface area contributed by atoms with E-state index in [1.165, 1.54) is 30.5 Å². The highest BCUT2D eigenvalue weighted by molar-refractivity contribution is 7.92. The molecule has 3 rings (SSSR count). The minimum absolute atomic E-state index is 0.0370. The van der Waals surface area contributed by atoms with Gasteiger partial charge in [-0.2, -0.15) is 0 Å². The van der Waals surface area contributed by atoms with Gasteiger partial charge in [-0.05, 0) is 63.1 Å². The van der Waals surface area contributed by atoms with Crippen LogP contribution in [0.2, 0.25) is 5.15 Å². The molecule has 3 aromatic rings. The van der Waals surface area contributed by atoms with Gasteiger partial charge in [-0.3, -0.25) is 0 Å². The number of nitrogens with one attached hydrogen (secondary N) is 1. The van der Waals surface area contributed by atoms with Gasteiger partial charge in [-0.15, -0.1) is 4.36 Å². The zero-order chi connectivity index (χ0) is 28.8. The summed E-state index contributed by atoms with van der Waals surface area (Å²) in [6.07, 6.45) is 1.93. The minimum atomic E-state index is -2.94. The molecule has 1 aromatic carbocycles. The molecular weight excluding hydrogens is 552 g/mol. The molecule has 210 valence electrons. The fraction of sp³-hybridized carbons (Fsp3) is 0.346. The summed E-state index contributed by atoms with van der Waals surface area (Å²) < 4.78 is 55.6. The average molecular weight is 582 g/mol. The quantitative estimate of drug-likeness (QED) is 0.230. The number of benzene rings is 1. The summed E-state index contributed by atoms with van der Waals surface area (Å²) in [5.74, 6) is -0.475. The molecule has 0 aliphatic heterocycles. The third kappa shape index (κ3) is 9.63. The highest BCUT2D eigenvalue weighted by Gasteiger charge is 2.18. The molecule has 1 amide bonds. The number of nitrogen functional groups attached to an aromatic ring is 1. The van der Waals surface area contributed by atoms with Crippen molar-refractivity contribution in [3.05, 3.63) is 64.9 Å². The van der Waals surface area contributed by atoms with Crippen LogP contribution >= 0.6 is 11.6 Å². The number of amides is 1. The lowest BCUT2D eigenvalue weighted by Gasteiger charge is -2.17. The van der Waals surface area contributed by atoms with E-state index in [4.69, 9.17) is 26.8 Å². The van der Waals surface area contributed by atoms with Crippen LogP contribution in [0.15, 0.2) is 47.0 Å². The Morgan fingerprint density at radius 1 is 1.18 bits per heavy atom. The van der Waals surface area contributed by atoms with Crippen molar-refractivity contribution in [3.8, 4) is 16.9 Å². The Morgan fingerprint density at radius 3 is 2.64 bits per heavy atom. The molecule has 39 heavy (non-hydrogen) atoms. The standard InChI is InChI=1S/C26H30ClF2N5O4S/c1-26(2,3)38-25(35)34-39(4,36)15-16-10-22(27)33-24(11-16)31-8-5-9-37-21-12-17(28)6-7-18(21)19-13-23(30)32-14-20(19)29/h6-7,10-14H,5,8-9,15H2,1-4H3,(H2,30,32)(H,31,33). The Balaban J connectivity index is 1.61. The largest absolute Gasteiger partial charge is 0.493 e. The summed E-state index contributed by atoms with van der Waals surface area (Å²) in [6.45, 7) is 5.65. The summed E-state index contributed by atoms with van der Waals surface area (Å²) in [7, 11) is -2.94. The summed E-state index contributed by atoms with van der Waals surface area (Å²) in [6, 6.07) is 8.35. The first-order valence-electron chi connectivity index (χ1n) is 11.9. The smallest absolute Gasteiger partial charge is 0.442 e. The molecule has 0 spiro atoms. The van der Waals surface area contributed by atoms with Gasteiger partial charge < -0.3 is 20.5 Å². The van der Waals surface area contributed by atoms with Crippen LogP contribution in [0.1, 0.15) is 32.8 Å². The molecule has 2 aromatic heterocycles. The predicted molar refractivity (Wildman–Crippen MR) is 148 cm³/mol. The van der Waals surface area contributed by atoms with Gasteiger partial charge in [-0.25, -0.2) is 27.8 Å². The Labute approximate surface area is 231 Å². The third-order valence-electron chi connectivity index (χ3n) is 4.94. The fourth-order valence-corrected chi connectivity index (χ4v) is 4.91. The second-order valence-electron chi connectivity index (χ2n) is 9.72. The maximum atomic E-state index is 14.3. The first-order chi connectivity index (χ1) is 18.2. The summed E-state index contributed by atoms with van der Waals surface area (Å²) in [4.78, 5) is 19.9. The molecule has 3 N–H and O–H groups in total. The van der Waals surface area contributed by atoms with Crippen molar-refractivity contribution in [2.45, 2.75) is 38.5 Å². The molecule has 0 fully saturated rings. The van der Waals surface area contributed by atoms with Crippen LogP contribution in [-0.2, 0) is 20.2 Å². The number of nitrogens with two attached hydrogens (primary N) is 1. The molecule has 0 saturated carbocycles. The Bertz CT molecular complexity index is 1470. The molecule has 13 heteroatoms. The van der Waals surface area contributed by atoms with Crippen molar-refractivity contribution >= 4 is 39.1 Å². The predicted octanol–water partition coefficient (Wildman–Crippen LogP) is 6.07. The number of hydrogen-bond donors (Lipinski definition) is 2. The zero-order valence-electron chi connectivity index (χ0n) is 22.0. The average Bonchev–Trinajstić information content (AvgIpc) is 2.78. The topological polar surface area (TPSA) is 129 Å². The molecule has 1 atom stereocenters. The van der Waals surface area contributed by atoms with Crippen LogP contribution in [0, 0.1) is 11.6 Å². The second kappa shape index (κ2) is 12.6. The maximum absolute atomic E-state index is 14.3. The van der Waals surface area contributed by atoms with E-state index in [-0.39, 0.29) is 34.6 Å². The highest BCUT2D eigenvalue weighted by Crippen LogP contribution is 2.33. The lowest BCUT2D eigenvalue weighted by atomic mass is 10.0. The van der Waals surface area contributed by atoms with Crippen LogP contribution in [0.25, 0.3) is 11.1 Å². The number of hydrogen-bond acceptors (Lipinski definition) is 8. The van der Waals surface area contributed by atoms with Gasteiger partial charge in [0.1, 0.15) is 39.8 Å². The van der Waals surface area contributed by atoms with Crippen molar-refractivity contribution in [3.63, 3.8) is 0 Å². The second-order valence-corrected chi connectivity index (χ2v) is 12.5. The van der Waals surface area contributed by atoms with Crippen LogP contribution in [0.5, 0.6) is 5.75 Å². The number of carbonyl (C=O) groups is 1. The number of ether oxygens (including phenoxy) is 2. The molecule has 0 aliphatic rings. The normalized spacial score (nSPS) is 12.9. The zero-order valence-corrected chi connectivity index (χ0v) is 23.5. The van der Waals surface area contributed by atoms with E-state index in [9.17, 15) is 17.8 Å². The number of anilines is 2. The van der Waals surface area contributed by atoms with E-state index in [1.807, 2.05) is 0 Å². The van der Waals surface area contributed by atoms with Gasteiger partial charge in [0.05, 0.1) is 28.3 Å². The van der Waals surface area contributed by atoms with Gasteiger partial charge >= 0.3 is 6.09 Å². The first kappa shape index (κ1) is 30.0. The lowest BCUT2D eigenvalue weighted by molar-refractivity contribution is 0.0607. The van der Waals surface area contributed by atoms with E-state index in [0.29, 0.717) is 29.9 Å². The Morgan fingerprint density at radius 2 is 1.92 bits per heavy atom. The third-order valence-corrected chi connectivity index (χ3v) is 6.54. The Hall–Kier alpha value is -3.51. The highest BCUT2D eigenvalue weighted by atomic mass is 35.5. The number of halogens is 3. The number of rotatable bonds is 9. The molecule has 0 bridgehead atoms. The van der Waals surface area contributed by atoms with Crippen LogP contribution in [-0.4, -0.2) is 45.3 Å². The Kier molecular flexibility index (Phi) is 9.68. The van der Waals surface area contributed by atoms with Crippen molar-refractivity contribution in [2.75, 3.05) is 30.5 Å². The molecule has 0 radical (unpaired) electrons. The lowest BCUT2D eigenvalue weighted by Crippen LogP contribution is -2.22. The van der Waals surface area contributed by atoms with E-state index in [1.54, 1.807) is 32.9 Å². The van der Waals surface area contributed by atoms with E-state index >= 15 is 0 Å². The minimum Gasteiger partial charge on any atom is -0.493 e. The summed E-state index contributed by atoms with van der Waals surface area (Å²) >= 11 is 6.14. The molecular formula is C26H30ClF2N5O4S. The number of pyridine rings is 2. The van der Waals surface area contributed by atoms with Crippen LogP contribution < -0.4 is 15.8 Å². The molecule has 0 aliphatic carbocycles.